The molecule has 1 aliphatic heterocycles. The van der Waals surface area contributed by atoms with Crippen molar-refractivity contribution in [2.45, 2.75) is 58.3 Å². The third kappa shape index (κ3) is 4.17. The molecule has 2 atom stereocenters. The van der Waals surface area contributed by atoms with E-state index in [1.165, 1.54) is 0 Å². The Kier molecular flexibility index (Phi) is 6.12. The van der Waals surface area contributed by atoms with Crippen LogP contribution in [0.25, 0.3) is 0 Å². The van der Waals surface area contributed by atoms with Gasteiger partial charge in [-0.2, -0.15) is 0 Å². The van der Waals surface area contributed by atoms with E-state index in [1.807, 2.05) is 23.6 Å². The molecule has 3 rings (SSSR count). The highest BCUT2D eigenvalue weighted by atomic mass is 15.5. The van der Waals surface area contributed by atoms with Crippen molar-refractivity contribution < 1.29 is 0 Å². The lowest BCUT2D eigenvalue weighted by molar-refractivity contribution is 0.185. The van der Waals surface area contributed by atoms with Gasteiger partial charge in [-0.1, -0.05) is 19.1 Å². The molecule has 1 aliphatic rings. The van der Waals surface area contributed by atoms with Gasteiger partial charge in [-0.15, -0.1) is 5.10 Å². The van der Waals surface area contributed by atoms with E-state index in [0.717, 1.165) is 56.0 Å². The van der Waals surface area contributed by atoms with Crippen LogP contribution in [0.4, 0.5) is 5.95 Å². The quantitative estimate of drug-likeness (QED) is 0.679. The predicted octanol–water partition coefficient (Wildman–Crippen LogP) is 0.322. The van der Waals surface area contributed by atoms with E-state index in [9.17, 15) is 0 Å². The van der Waals surface area contributed by atoms with E-state index < -0.39 is 0 Å². The van der Waals surface area contributed by atoms with Gasteiger partial charge in [-0.05, 0) is 31.2 Å². The van der Waals surface area contributed by atoms with Crippen LogP contribution in [0, 0.1) is 0 Å². The third-order valence-electron chi connectivity index (χ3n) is 4.99. The van der Waals surface area contributed by atoms with Crippen LogP contribution in [-0.4, -0.2) is 55.1 Å². The lowest BCUT2D eigenvalue weighted by atomic mass is 10.0. The predicted molar refractivity (Wildman–Crippen MR) is 100 cm³/mol. The van der Waals surface area contributed by atoms with Crippen LogP contribution < -0.4 is 16.5 Å². The average molecular weight is 359 g/mol. The standard InChI is InChI=1S/C17H29N9/c1-3-15-10-24(19)11-16(4-2)26(15)17-20-7-13(8-21-17)5-6-14-9-25(12-18)23-22-14/h7-9,15-16H,3-6,10-12,18-19H2,1-2H3. The van der Waals surface area contributed by atoms with Crippen molar-refractivity contribution in [2.24, 2.45) is 11.6 Å². The first kappa shape index (κ1) is 18.7. The number of piperazine rings is 1. The van der Waals surface area contributed by atoms with Gasteiger partial charge in [0.2, 0.25) is 5.95 Å². The van der Waals surface area contributed by atoms with Crippen molar-refractivity contribution in [1.82, 2.24) is 30.0 Å². The molecule has 0 radical (unpaired) electrons. The smallest absolute Gasteiger partial charge is 0.225 e. The molecule has 0 spiro atoms. The number of hydrogen-bond donors (Lipinski definition) is 2. The van der Waals surface area contributed by atoms with Gasteiger partial charge < -0.3 is 10.6 Å². The molecule has 2 unspecified atom stereocenters. The second-order valence-electron chi connectivity index (χ2n) is 6.81. The lowest BCUT2D eigenvalue weighted by Gasteiger charge is -2.45. The summed E-state index contributed by atoms with van der Waals surface area (Å²) in [5.74, 6) is 6.88. The van der Waals surface area contributed by atoms with E-state index in [2.05, 4.69) is 39.0 Å². The van der Waals surface area contributed by atoms with Gasteiger partial charge in [0.15, 0.2) is 0 Å². The van der Waals surface area contributed by atoms with Crippen LogP contribution >= 0.6 is 0 Å². The Balaban J connectivity index is 1.67. The maximum atomic E-state index is 6.08. The fourth-order valence-corrected chi connectivity index (χ4v) is 3.49. The van der Waals surface area contributed by atoms with E-state index in [0.29, 0.717) is 18.8 Å². The molecule has 0 aromatic carbocycles. The Bertz CT molecular complexity index is 670. The van der Waals surface area contributed by atoms with Crippen molar-refractivity contribution in [3.05, 3.63) is 29.8 Å². The fraction of sp³-hybridized carbons (Fsp3) is 0.647. The zero-order chi connectivity index (χ0) is 18.5. The van der Waals surface area contributed by atoms with E-state index in [-0.39, 0.29) is 0 Å². The maximum Gasteiger partial charge on any atom is 0.225 e. The number of aromatic nitrogens is 5. The van der Waals surface area contributed by atoms with Crippen LogP contribution in [0.2, 0.25) is 0 Å². The summed E-state index contributed by atoms with van der Waals surface area (Å²) in [6, 6.07) is 0.687. The molecule has 0 amide bonds. The summed E-state index contributed by atoms with van der Waals surface area (Å²) in [5, 5.41) is 9.98. The lowest BCUT2D eigenvalue weighted by Crippen LogP contribution is -2.61. The van der Waals surface area contributed by atoms with Gasteiger partial charge in [-0.25, -0.2) is 19.7 Å². The van der Waals surface area contributed by atoms with Crippen LogP contribution in [0.1, 0.15) is 37.9 Å². The first-order chi connectivity index (χ1) is 12.6. The summed E-state index contributed by atoms with van der Waals surface area (Å²) in [5.41, 5.74) is 7.56. The third-order valence-corrected chi connectivity index (χ3v) is 4.99. The minimum absolute atomic E-state index is 0.343. The highest BCUT2D eigenvalue weighted by Gasteiger charge is 2.33. The molecule has 4 N–H and O–H groups in total. The van der Waals surface area contributed by atoms with Crippen molar-refractivity contribution in [2.75, 3.05) is 18.0 Å². The number of nitrogens with zero attached hydrogens (tertiary/aromatic N) is 7. The second kappa shape index (κ2) is 8.52. The van der Waals surface area contributed by atoms with Crippen LogP contribution in [0.15, 0.2) is 18.6 Å². The Hall–Kier alpha value is -2.10. The molecule has 9 heteroatoms. The van der Waals surface area contributed by atoms with Crippen molar-refractivity contribution >= 4 is 5.95 Å². The molecule has 9 nitrogen and oxygen atoms in total. The minimum Gasteiger partial charge on any atom is -0.332 e. The number of nitrogens with two attached hydrogens (primary N) is 2. The van der Waals surface area contributed by atoms with Gasteiger partial charge in [0.05, 0.1) is 12.4 Å². The van der Waals surface area contributed by atoms with Crippen LogP contribution in [-0.2, 0) is 19.5 Å². The Morgan fingerprint density at radius 3 is 2.27 bits per heavy atom. The molecule has 2 aromatic heterocycles. The summed E-state index contributed by atoms with van der Waals surface area (Å²) in [6.07, 6.45) is 9.38. The molecule has 2 aromatic rings. The molecule has 26 heavy (non-hydrogen) atoms. The second-order valence-corrected chi connectivity index (χ2v) is 6.81. The molecular weight excluding hydrogens is 330 g/mol. The highest BCUT2D eigenvalue weighted by molar-refractivity contribution is 5.35. The SMILES string of the molecule is CCC1CN(N)CC(CC)N1c1ncc(CCc2cn(CN)nn2)cn1. The van der Waals surface area contributed by atoms with Crippen LogP contribution in [0.5, 0.6) is 0 Å². The average Bonchev–Trinajstić information content (AvgIpc) is 3.14. The zero-order valence-electron chi connectivity index (χ0n) is 15.6. The van der Waals surface area contributed by atoms with Crippen molar-refractivity contribution in [1.29, 1.82) is 0 Å². The van der Waals surface area contributed by atoms with Gasteiger partial charge in [0.1, 0.15) is 0 Å². The Morgan fingerprint density at radius 1 is 1.08 bits per heavy atom. The number of aryl methyl sites for hydroxylation is 2. The van der Waals surface area contributed by atoms with Gasteiger partial charge >= 0.3 is 0 Å². The van der Waals surface area contributed by atoms with Crippen LogP contribution in [0.3, 0.4) is 0 Å². The van der Waals surface area contributed by atoms with Crippen molar-refractivity contribution in [3.8, 4) is 0 Å². The molecule has 1 saturated heterocycles. The maximum absolute atomic E-state index is 6.08. The summed E-state index contributed by atoms with van der Waals surface area (Å²) >= 11 is 0. The monoisotopic (exact) mass is 359 g/mol. The van der Waals surface area contributed by atoms with E-state index >= 15 is 0 Å². The largest absolute Gasteiger partial charge is 0.332 e. The molecular formula is C17H29N9. The number of anilines is 1. The van der Waals surface area contributed by atoms with Gasteiger partial charge in [0.25, 0.3) is 0 Å². The molecule has 3 heterocycles. The van der Waals surface area contributed by atoms with E-state index in [1.54, 1.807) is 4.68 Å². The minimum atomic E-state index is 0.343. The molecule has 1 fully saturated rings. The normalized spacial score (nSPS) is 21.3. The summed E-state index contributed by atoms with van der Waals surface area (Å²) in [4.78, 5) is 11.7. The molecule has 0 aliphatic carbocycles. The number of rotatable bonds is 7. The Morgan fingerprint density at radius 2 is 1.73 bits per heavy atom. The molecule has 142 valence electrons. The fourth-order valence-electron chi connectivity index (χ4n) is 3.49. The first-order valence-electron chi connectivity index (χ1n) is 9.32. The number of hydrogen-bond acceptors (Lipinski definition) is 8. The van der Waals surface area contributed by atoms with Gasteiger partial charge in [-0.3, -0.25) is 5.84 Å². The topological polar surface area (TPSA) is 115 Å². The summed E-state index contributed by atoms with van der Waals surface area (Å²) < 4.78 is 1.63. The number of hydrazine groups is 1. The molecule has 0 bridgehead atoms. The van der Waals surface area contributed by atoms with Gasteiger partial charge in [0, 0.05) is 43.8 Å². The summed E-state index contributed by atoms with van der Waals surface area (Å²) in [7, 11) is 0. The Labute approximate surface area is 154 Å². The zero-order valence-corrected chi connectivity index (χ0v) is 15.6. The molecule has 0 saturated carbocycles. The van der Waals surface area contributed by atoms with E-state index in [4.69, 9.17) is 11.6 Å². The first-order valence-corrected chi connectivity index (χ1v) is 9.32. The van der Waals surface area contributed by atoms with Crippen molar-refractivity contribution in [3.63, 3.8) is 0 Å². The summed E-state index contributed by atoms with van der Waals surface area (Å²) in [6.45, 7) is 6.40. The highest BCUT2D eigenvalue weighted by Crippen LogP contribution is 2.23.